The van der Waals surface area contributed by atoms with Gasteiger partial charge in [0.2, 0.25) is 10.0 Å². The molecule has 0 aromatic heterocycles. The number of ether oxygens (including phenoxy) is 1. The zero-order chi connectivity index (χ0) is 17.2. The van der Waals surface area contributed by atoms with Gasteiger partial charge in [0.15, 0.2) is 0 Å². The third kappa shape index (κ3) is 4.24. The van der Waals surface area contributed by atoms with Crippen LogP contribution in [0.4, 0.5) is 0 Å². The Labute approximate surface area is 151 Å². The van der Waals surface area contributed by atoms with Crippen LogP contribution >= 0.6 is 22.6 Å². The first-order valence-corrected chi connectivity index (χ1v) is 9.74. The van der Waals surface area contributed by atoms with E-state index in [0.29, 0.717) is 5.75 Å². The summed E-state index contributed by atoms with van der Waals surface area (Å²) >= 11 is 2.06. The average molecular weight is 445 g/mol. The highest BCUT2D eigenvalue weighted by molar-refractivity contribution is 14.1. The van der Waals surface area contributed by atoms with E-state index >= 15 is 0 Å². The fraction of sp³-hybridized carbons (Fsp3) is 0.294. The molecule has 0 radical (unpaired) electrons. The summed E-state index contributed by atoms with van der Waals surface area (Å²) in [6, 6.07) is 10.5. The maximum atomic E-state index is 12.6. The van der Waals surface area contributed by atoms with Gasteiger partial charge in [-0.05, 0) is 72.7 Å². The molecule has 0 saturated heterocycles. The Balaban J connectivity index is 2.28. The molecule has 0 aliphatic heterocycles. The van der Waals surface area contributed by atoms with Crippen molar-refractivity contribution in [1.82, 2.24) is 4.72 Å². The number of hydrogen-bond acceptors (Lipinski definition) is 3. The number of sulfonamides is 1. The van der Waals surface area contributed by atoms with Gasteiger partial charge in [-0.2, -0.15) is 0 Å². The Morgan fingerprint density at radius 3 is 2.39 bits per heavy atom. The molecule has 0 aliphatic carbocycles. The molecule has 23 heavy (non-hydrogen) atoms. The molecule has 2 aromatic rings. The summed E-state index contributed by atoms with van der Waals surface area (Å²) in [6.45, 7) is 5.86. The van der Waals surface area contributed by atoms with E-state index in [4.69, 9.17) is 4.74 Å². The number of benzene rings is 2. The Hall–Kier alpha value is -1.12. The van der Waals surface area contributed by atoms with E-state index in [0.717, 1.165) is 20.3 Å². The van der Waals surface area contributed by atoms with Crippen LogP contribution in [0.5, 0.6) is 5.75 Å². The van der Waals surface area contributed by atoms with Crippen molar-refractivity contribution < 1.29 is 13.2 Å². The third-order valence-electron chi connectivity index (χ3n) is 3.66. The van der Waals surface area contributed by atoms with Gasteiger partial charge in [-0.15, -0.1) is 0 Å². The van der Waals surface area contributed by atoms with Crippen LogP contribution in [0.25, 0.3) is 0 Å². The predicted octanol–water partition coefficient (Wildman–Crippen LogP) is 3.96. The standard InChI is InChI=1S/C17H20INO3S/c1-11-5-7-15(12(2)9-11)13(3)19-23(20,21)14-6-8-17(22-4)16(18)10-14/h5-10,13,19H,1-4H3/t13-/m1/s1. The lowest BCUT2D eigenvalue weighted by molar-refractivity contribution is 0.411. The lowest BCUT2D eigenvalue weighted by Gasteiger charge is -2.17. The number of methoxy groups -OCH3 is 1. The van der Waals surface area contributed by atoms with Crippen molar-refractivity contribution in [3.8, 4) is 5.75 Å². The van der Waals surface area contributed by atoms with Crippen molar-refractivity contribution >= 4 is 32.6 Å². The van der Waals surface area contributed by atoms with Crippen LogP contribution in [0, 0.1) is 17.4 Å². The van der Waals surface area contributed by atoms with E-state index in [1.165, 1.54) is 0 Å². The highest BCUT2D eigenvalue weighted by Gasteiger charge is 2.20. The fourth-order valence-electron chi connectivity index (χ4n) is 2.49. The smallest absolute Gasteiger partial charge is 0.241 e. The van der Waals surface area contributed by atoms with E-state index in [1.807, 2.05) is 32.9 Å². The number of rotatable bonds is 5. The number of aryl methyl sites for hydroxylation is 2. The van der Waals surface area contributed by atoms with E-state index < -0.39 is 10.0 Å². The minimum absolute atomic E-state index is 0.235. The minimum Gasteiger partial charge on any atom is -0.496 e. The Bertz CT molecular complexity index is 819. The molecule has 2 rings (SSSR count). The molecule has 6 heteroatoms. The lowest BCUT2D eigenvalue weighted by Crippen LogP contribution is -2.27. The molecule has 0 amide bonds. The molecular formula is C17H20INO3S. The van der Waals surface area contributed by atoms with Crippen molar-refractivity contribution in [1.29, 1.82) is 0 Å². The second kappa shape index (κ2) is 7.19. The molecule has 124 valence electrons. The molecule has 1 atom stereocenters. The molecule has 0 aliphatic rings. The van der Waals surface area contributed by atoms with Gasteiger partial charge in [0.1, 0.15) is 5.75 Å². The summed E-state index contributed by atoms with van der Waals surface area (Å²) in [5.41, 5.74) is 3.21. The summed E-state index contributed by atoms with van der Waals surface area (Å²) in [5.74, 6) is 0.659. The highest BCUT2D eigenvalue weighted by Crippen LogP contribution is 2.25. The molecule has 0 bridgehead atoms. The SMILES string of the molecule is COc1ccc(S(=O)(=O)N[C@H](C)c2ccc(C)cc2C)cc1I. The second-order valence-electron chi connectivity index (χ2n) is 5.50. The lowest BCUT2D eigenvalue weighted by atomic mass is 10.0. The topological polar surface area (TPSA) is 55.4 Å². The van der Waals surface area contributed by atoms with Gasteiger partial charge in [-0.3, -0.25) is 0 Å². The molecule has 4 nitrogen and oxygen atoms in total. The summed E-state index contributed by atoms with van der Waals surface area (Å²) in [7, 11) is -2.03. The van der Waals surface area contributed by atoms with Gasteiger partial charge in [0, 0.05) is 6.04 Å². The number of nitrogens with one attached hydrogen (secondary N) is 1. The zero-order valence-electron chi connectivity index (χ0n) is 13.6. The van der Waals surface area contributed by atoms with Crippen molar-refractivity contribution in [3.63, 3.8) is 0 Å². The molecular weight excluding hydrogens is 425 g/mol. The molecule has 0 fully saturated rings. The van der Waals surface area contributed by atoms with Gasteiger partial charge in [0.05, 0.1) is 15.6 Å². The molecule has 0 saturated carbocycles. The van der Waals surface area contributed by atoms with Gasteiger partial charge in [-0.25, -0.2) is 13.1 Å². The van der Waals surface area contributed by atoms with Gasteiger partial charge < -0.3 is 4.74 Å². The first-order valence-electron chi connectivity index (χ1n) is 7.17. The fourth-order valence-corrected chi connectivity index (χ4v) is 4.69. The van der Waals surface area contributed by atoms with Gasteiger partial charge >= 0.3 is 0 Å². The van der Waals surface area contributed by atoms with Crippen LogP contribution < -0.4 is 9.46 Å². The van der Waals surface area contributed by atoms with E-state index in [-0.39, 0.29) is 10.9 Å². The van der Waals surface area contributed by atoms with Gasteiger partial charge in [0.25, 0.3) is 0 Å². The number of halogens is 1. The Kier molecular flexibility index (Phi) is 5.70. The van der Waals surface area contributed by atoms with Crippen molar-refractivity contribution in [3.05, 3.63) is 56.7 Å². The molecule has 2 aromatic carbocycles. The summed E-state index contributed by atoms with van der Waals surface area (Å²) in [6.07, 6.45) is 0. The van der Waals surface area contributed by atoms with Crippen molar-refractivity contribution in [2.75, 3.05) is 7.11 Å². The largest absolute Gasteiger partial charge is 0.496 e. The van der Waals surface area contributed by atoms with Crippen LogP contribution in [0.15, 0.2) is 41.3 Å². The number of hydrogen-bond donors (Lipinski definition) is 1. The van der Waals surface area contributed by atoms with Crippen LogP contribution in [-0.4, -0.2) is 15.5 Å². The van der Waals surface area contributed by atoms with Crippen LogP contribution in [0.1, 0.15) is 29.7 Å². The summed E-state index contributed by atoms with van der Waals surface area (Å²) in [5, 5.41) is 0. The van der Waals surface area contributed by atoms with E-state index in [2.05, 4.69) is 33.4 Å². The van der Waals surface area contributed by atoms with Crippen LogP contribution in [-0.2, 0) is 10.0 Å². The third-order valence-corrected chi connectivity index (χ3v) is 6.04. The van der Waals surface area contributed by atoms with Crippen LogP contribution in [0.2, 0.25) is 0 Å². The summed E-state index contributed by atoms with van der Waals surface area (Å²) in [4.78, 5) is 0.235. The molecule has 0 spiro atoms. The molecule has 0 heterocycles. The zero-order valence-corrected chi connectivity index (χ0v) is 16.5. The first kappa shape index (κ1) is 18.2. The Morgan fingerprint density at radius 1 is 1.13 bits per heavy atom. The minimum atomic E-state index is -3.59. The molecule has 1 N–H and O–H groups in total. The van der Waals surface area contributed by atoms with Gasteiger partial charge in [-0.1, -0.05) is 23.8 Å². The van der Waals surface area contributed by atoms with Crippen molar-refractivity contribution in [2.24, 2.45) is 0 Å². The maximum Gasteiger partial charge on any atom is 0.241 e. The monoisotopic (exact) mass is 445 g/mol. The highest BCUT2D eigenvalue weighted by atomic mass is 127. The normalized spacial score (nSPS) is 12.9. The Morgan fingerprint density at radius 2 is 1.83 bits per heavy atom. The molecule has 0 unspecified atom stereocenters. The second-order valence-corrected chi connectivity index (χ2v) is 8.38. The predicted molar refractivity (Wildman–Crippen MR) is 100 cm³/mol. The van der Waals surface area contributed by atoms with Crippen LogP contribution in [0.3, 0.4) is 0 Å². The van der Waals surface area contributed by atoms with E-state index in [9.17, 15) is 8.42 Å². The maximum absolute atomic E-state index is 12.6. The average Bonchev–Trinajstić information content (AvgIpc) is 2.46. The quantitative estimate of drug-likeness (QED) is 0.710. The summed E-state index contributed by atoms with van der Waals surface area (Å²) < 4.78 is 33.8. The van der Waals surface area contributed by atoms with Crippen molar-refractivity contribution in [2.45, 2.75) is 31.7 Å². The first-order chi connectivity index (χ1) is 10.7. The van der Waals surface area contributed by atoms with E-state index in [1.54, 1.807) is 25.3 Å².